The van der Waals surface area contributed by atoms with E-state index >= 15 is 0 Å². The van der Waals surface area contributed by atoms with Crippen LogP contribution in [0.15, 0.2) is 54.6 Å². The monoisotopic (exact) mass is 460 g/mol. The number of carbonyl (C=O) groups excluding carboxylic acids is 1. The SMILES string of the molecule is Cc1cc(C)c(NC(=O)N(CCc2ccc(-c3ccccc3)s2)C2CCCCCC2)c(C)c1. The first kappa shape index (κ1) is 23.6. The topological polar surface area (TPSA) is 32.3 Å². The van der Waals surface area contributed by atoms with Gasteiger partial charge in [0.1, 0.15) is 0 Å². The van der Waals surface area contributed by atoms with Crippen molar-refractivity contribution in [3.8, 4) is 10.4 Å². The molecule has 4 heteroatoms. The molecular formula is C29H36N2OS. The number of urea groups is 1. The fourth-order valence-corrected chi connectivity index (χ4v) is 6.08. The van der Waals surface area contributed by atoms with Gasteiger partial charge in [0, 0.05) is 28.0 Å². The van der Waals surface area contributed by atoms with E-state index in [1.54, 1.807) is 0 Å². The smallest absolute Gasteiger partial charge is 0.321 e. The lowest BCUT2D eigenvalue weighted by molar-refractivity contribution is 0.181. The molecule has 33 heavy (non-hydrogen) atoms. The number of hydrogen-bond donors (Lipinski definition) is 1. The molecule has 1 aliphatic rings. The molecule has 3 aromatic rings. The molecule has 1 saturated carbocycles. The van der Waals surface area contributed by atoms with Gasteiger partial charge in [-0.2, -0.15) is 0 Å². The second-order valence-electron chi connectivity index (χ2n) is 9.42. The van der Waals surface area contributed by atoms with Crippen molar-refractivity contribution in [3.63, 3.8) is 0 Å². The normalized spacial score (nSPS) is 14.6. The van der Waals surface area contributed by atoms with E-state index in [1.165, 1.54) is 46.6 Å². The van der Waals surface area contributed by atoms with Crippen LogP contribution in [-0.4, -0.2) is 23.5 Å². The zero-order chi connectivity index (χ0) is 23.2. The minimum atomic E-state index is 0.0526. The highest BCUT2D eigenvalue weighted by Gasteiger charge is 2.25. The van der Waals surface area contributed by atoms with Crippen molar-refractivity contribution in [2.45, 2.75) is 71.8 Å². The van der Waals surface area contributed by atoms with Crippen LogP contribution in [-0.2, 0) is 6.42 Å². The minimum Gasteiger partial charge on any atom is -0.321 e. The van der Waals surface area contributed by atoms with E-state index in [0.717, 1.165) is 42.6 Å². The molecule has 1 heterocycles. The molecule has 1 fully saturated rings. The first-order chi connectivity index (χ1) is 16.0. The minimum absolute atomic E-state index is 0.0526. The van der Waals surface area contributed by atoms with Gasteiger partial charge in [0.2, 0.25) is 0 Å². The second kappa shape index (κ2) is 11.0. The fraction of sp³-hybridized carbons (Fsp3) is 0.414. The third-order valence-electron chi connectivity index (χ3n) is 6.75. The number of nitrogens with zero attached hydrogens (tertiary/aromatic N) is 1. The number of benzene rings is 2. The van der Waals surface area contributed by atoms with E-state index < -0.39 is 0 Å². The van der Waals surface area contributed by atoms with Gasteiger partial charge < -0.3 is 10.2 Å². The molecule has 0 unspecified atom stereocenters. The highest BCUT2D eigenvalue weighted by Crippen LogP contribution is 2.30. The highest BCUT2D eigenvalue weighted by molar-refractivity contribution is 7.15. The van der Waals surface area contributed by atoms with Gasteiger partial charge in [0.15, 0.2) is 0 Å². The summed E-state index contributed by atoms with van der Waals surface area (Å²) >= 11 is 1.84. The van der Waals surface area contributed by atoms with Crippen LogP contribution in [0.3, 0.4) is 0 Å². The summed E-state index contributed by atoms with van der Waals surface area (Å²) in [5.41, 5.74) is 5.72. The van der Waals surface area contributed by atoms with Gasteiger partial charge in [-0.15, -0.1) is 11.3 Å². The van der Waals surface area contributed by atoms with Crippen molar-refractivity contribution < 1.29 is 4.79 Å². The summed E-state index contributed by atoms with van der Waals surface area (Å²) in [6, 6.07) is 19.7. The molecule has 3 nitrogen and oxygen atoms in total. The second-order valence-corrected chi connectivity index (χ2v) is 10.6. The predicted molar refractivity (Wildman–Crippen MR) is 141 cm³/mol. The average molecular weight is 461 g/mol. The van der Waals surface area contributed by atoms with Gasteiger partial charge >= 0.3 is 6.03 Å². The summed E-state index contributed by atoms with van der Waals surface area (Å²) in [5, 5.41) is 3.28. The Morgan fingerprint density at radius 2 is 1.61 bits per heavy atom. The van der Waals surface area contributed by atoms with Crippen LogP contribution in [0.2, 0.25) is 0 Å². The lowest BCUT2D eigenvalue weighted by atomic mass is 10.0. The van der Waals surface area contributed by atoms with E-state index in [4.69, 9.17) is 0 Å². The van der Waals surface area contributed by atoms with Crippen molar-refractivity contribution in [1.82, 2.24) is 4.90 Å². The summed E-state index contributed by atoms with van der Waals surface area (Å²) in [6.07, 6.45) is 8.12. The highest BCUT2D eigenvalue weighted by atomic mass is 32.1. The number of carbonyl (C=O) groups is 1. The summed E-state index contributed by atoms with van der Waals surface area (Å²) < 4.78 is 0. The van der Waals surface area contributed by atoms with Gasteiger partial charge in [-0.3, -0.25) is 0 Å². The molecule has 2 aromatic carbocycles. The van der Waals surface area contributed by atoms with Crippen molar-refractivity contribution in [2.75, 3.05) is 11.9 Å². The average Bonchev–Trinajstić information content (AvgIpc) is 3.11. The Hall–Kier alpha value is -2.59. The lowest BCUT2D eigenvalue weighted by Gasteiger charge is -2.32. The number of hydrogen-bond acceptors (Lipinski definition) is 2. The first-order valence-electron chi connectivity index (χ1n) is 12.3. The molecule has 0 radical (unpaired) electrons. The third kappa shape index (κ3) is 6.05. The molecule has 0 bridgehead atoms. The number of nitrogens with one attached hydrogen (secondary N) is 1. The standard InChI is InChI=1S/C29H36N2OS/c1-21-19-22(2)28(23(3)20-21)30-29(32)31(25-13-9-4-5-10-14-25)18-17-26-15-16-27(33-26)24-11-7-6-8-12-24/h6-8,11-12,15-16,19-20,25H,4-5,9-10,13-14,17-18H2,1-3H3,(H,30,32). The zero-order valence-electron chi connectivity index (χ0n) is 20.2. The number of amides is 2. The number of anilines is 1. The van der Waals surface area contributed by atoms with E-state index in [0.29, 0.717) is 6.04 Å². The molecule has 2 amide bonds. The van der Waals surface area contributed by atoms with Crippen molar-refractivity contribution in [2.24, 2.45) is 0 Å². The quantitative estimate of drug-likeness (QED) is 0.370. The number of aryl methyl sites for hydroxylation is 3. The summed E-state index contributed by atoms with van der Waals surface area (Å²) in [7, 11) is 0. The van der Waals surface area contributed by atoms with E-state index in [-0.39, 0.29) is 6.03 Å². The summed E-state index contributed by atoms with van der Waals surface area (Å²) in [4.78, 5) is 18.3. The lowest BCUT2D eigenvalue weighted by Crippen LogP contribution is -2.44. The van der Waals surface area contributed by atoms with Crippen molar-refractivity contribution in [3.05, 3.63) is 76.2 Å². The van der Waals surface area contributed by atoms with Gasteiger partial charge in [0.05, 0.1) is 0 Å². The maximum absolute atomic E-state index is 13.6. The zero-order valence-corrected chi connectivity index (χ0v) is 21.0. The molecule has 4 rings (SSSR count). The van der Waals surface area contributed by atoms with Crippen LogP contribution in [0.4, 0.5) is 10.5 Å². The number of rotatable bonds is 6. The predicted octanol–water partition coefficient (Wildman–Crippen LogP) is 8.14. The Labute approximate surface area is 202 Å². The Balaban J connectivity index is 1.50. The maximum atomic E-state index is 13.6. The van der Waals surface area contributed by atoms with Gasteiger partial charge in [-0.05, 0) is 68.9 Å². The molecule has 0 aliphatic heterocycles. The summed E-state index contributed by atoms with van der Waals surface area (Å²) in [6.45, 7) is 7.04. The van der Waals surface area contributed by atoms with Crippen LogP contribution in [0.1, 0.15) is 60.1 Å². The molecular weight excluding hydrogens is 424 g/mol. The Morgan fingerprint density at radius 3 is 2.27 bits per heavy atom. The van der Waals surface area contributed by atoms with Gasteiger partial charge in [-0.1, -0.05) is 73.7 Å². The van der Waals surface area contributed by atoms with Crippen LogP contribution in [0.25, 0.3) is 10.4 Å². The molecule has 1 aromatic heterocycles. The Morgan fingerprint density at radius 1 is 0.939 bits per heavy atom. The number of thiophene rings is 1. The van der Waals surface area contributed by atoms with Gasteiger partial charge in [0.25, 0.3) is 0 Å². The third-order valence-corrected chi connectivity index (χ3v) is 7.95. The van der Waals surface area contributed by atoms with E-state index in [9.17, 15) is 4.79 Å². The molecule has 0 atom stereocenters. The Bertz CT molecular complexity index is 1040. The first-order valence-corrected chi connectivity index (χ1v) is 13.1. The summed E-state index contributed by atoms with van der Waals surface area (Å²) in [5.74, 6) is 0. The van der Waals surface area contributed by atoms with E-state index in [1.807, 2.05) is 11.3 Å². The van der Waals surface area contributed by atoms with Crippen LogP contribution in [0, 0.1) is 20.8 Å². The molecule has 0 saturated heterocycles. The molecule has 0 spiro atoms. The van der Waals surface area contributed by atoms with Crippen LogP contribution in [0.5, 0.6) is 0 Å². The molecule has 1 N–H and O–H groups in total. The molecule has 1 aliphatic carbocycles. The Kier molecular flexibility index (Phi) is 7.87. The van der Waals surface area contributed by atoms with Crippen molar-refractivity contribution in [1.29, 1.82) is 0 Å². The molecule has 174 valence electrons. The van der Waals surface area contributed by atoms with Crippen molar-refractivity contribution >= 4 is 23.1 Å². The van der Waals surface area contributed by atoms with Gasteiger partial charge in [-0.25, -0.2) is 4.79 Å². The van der Waals surface area contributed by atoms with E-state index in [2.05, 4.69) is 85.6 Å². The largest absolute Gasteiger partial charge is 0.322 e. The van der Waals surface area contributed by atoms with Crippen LogP contribution >= 0.6 is 11.3 Å². The van der Waals surface area contributed by atoms with Crippen LogP contribution < -0.4 is 5.32 Å². The maximum Gasteiger partial charge on any atom is 0.322 e. The fourth-order valence-electron chi connectivity index (χ4n) is 5.08.